The van der Waals surface area contributed by atoms with Crippen molar-refractivity contribution in [2.75, 3.05) is 11.1 Å². The van der Waals surface area contributed by atoms with Crippen LogP contribution in [0, 0.1) is 0 Å². The largest absolute Gasteiger partial charge is 0.366 e. The molecule has 2 fully saturated rings. The van der Waals surface area contributed by atoms with Gasteiger partial charge in [-0.25, -0.2) is 4.79 Å². The summed E-state index contributed by atoms with van der Waals surface area (Å²) in [5, 5.41) is 9.15. The number of benzene rings is 1. The third-order valence-corrected chi connectivity index (χ3v) is 6.04. The van der Waals surface area contributed by atoms with Gasteiger partial charge in [-0.05, 0) is 37.1 Å². The average molecular weight is 362 g/mol. The first-order valence-corrected chi connectivity index (χ1v) is 9.46. The second-order valence-corrected chi connectivity index (χ2v) is 7.63. The van der Waals surface area contributed by atoms with Crippen LogP contribution in [0.15, 0.2) is 24.3 Å². The Morgan fingerprint density at radius 1 is 1.20 bits per heavy atom. The number of nitrogens with one attached hydrogen (secondary N) is 3. The third-order valence-electron chi connectivity index (χ3n) is 4.53. The van der Waals surface area contributed by atoms with Gasteiger partial charge in [0.05, 0.1) is 12.1 Å². The molecular weight excluding hydrogens is 340 g/mol. The number of hydrogen-bond donors (Lipinski definition) is 4. The number of nitrogens with two attached hydrogens (primary N) is 1. The van der Waals surface area contributed by atoms with Gasteiger partial charge in [-0.2, -0.15) is 11.8 Å². The van der Waals surface area contributed by atoms with Crippen LogP contribution in [0.1, 0.15) is 36.0 Å². The first-order valence-electron chi connectivity index (χ1n) is 8.41. The normalized spacial score (nSPS) is 24.3. The van der Waals surface area contributed by atoms with E-state index in [1.807, 2.05) is 11.8 Å². The molecule has 1 aromatic carbocycles. The molecule has 3 rings (SSSR count). The molecule has 5 N–H and O–H groups in total. The Bertz CT molecular complexity index is 664. The van der Waals surface area contributed by atoms with Gasteiger partial charge in [0.15, 0.2) is 0 Å². The van der Waals surface area contributed by atoms with Gasteiger partial charge >= 0.3 is 6.03 Å². The highest BCUT2D eigenvalue weighted by atomic mass is 32.2. The first-order chi connectivity index (χ1) is 12.0. The number of thioether (sulfide) groups is 1. The summed E-state index contributed by atoms with van der Waals surface area (Å²) < 4.78 is 0. The lowest BCUT2D eigenvalue weighted by atomic mass is 10.0. The van der Waals surface area contributed by atoms with E-state index < -0.39 is 5.91 Å². The molecule has 4 amide bonds. The zero-order chi connectivity index (χ0) is 17.8. The summed E-state index contributed by atoms with van der Waals surface area (Å²) >= 11 is 1.89. The molecular formula is C17H22N4O3S. The van der Waals surface area contributed by atoms with Crippen LogP contribution in [0.25, 0.3) is 0 Å². The van der Waals surface area contributed by atoms with Crippen LogP contribution in [-0.2, 0) is 4.79 Å². The predicted molar refractivity (Wildman–Crippen MR) is 97.5 cm³/mol. The number of fused-ring (bicyclic) bond motifs is 1. The predicted octanol–water partition coefficient (Wildman–Crippen LogP) is 1.45. The van der Waals surface area contributed by atoms with Gasteiger partial charge in [-0.1, -0.05) is 6.42 Å². The smallest absolute Gasteiger partial charge is 0.315 e. The van der Waals surface area contributed by atoms with Gasteiger partial charge in [0.25, 0.3) is 0 Å². The molecule has 0 aliphatic carbocycles. The third kappa shape index (κ3) is 4.45. The van der Waals surface area contributed by atoms with E-state index in [-0.39, 0.29) is 24.0 Å². The molecule has 0 unspecified atom stereocenters. The molecule has 0 radical (unpaired) electrons. The van der Waals surface area contributed by atoms with Crippen molar-refractivity contribution in [3.05, 3.63) is 29.8 Å². The van der Waals surface area contributed by atoms with E-state index >= 15 is 0 Å². The SMILES string of the molecule is NC(=O)c1ccc(NC(=O)CCCC[C@@H]2SC[C@@H]3NC(=O)N[C@@H]32)cc1. The van der Waals surface area contributed by atoms with Crippen molar-refractivity contribution >= 4 is 35.3 Å². The molecule has 0 saturated carbocycles. The van der Waals surface area contributed by atoms with Crippen molar-refractivity contribution in [3.63, 3.8) is 0 Å². The van der Waals surface area contributed by atoms with Crippen molar-refractivity contribution in [3.8, 4) is 0 Å². The fourth-order valence-corrected chi connectivity index (χ4v) is 4.76. The van der Waals surface area contributed by atoms with Crippen LogP contribution in [0.3, 0.4) is 0 Å². The van der Waals surface area contributed by atoms with Crippen LogP contribution in [0.5, 0.6) is 0 Å². The zero-order valence-corrected chi connectivity index (χ0v) is 14.6. The van der Waals surface area contributed by atoms with E-state index in [1.54, 1.807) is 24.3 Å². The number of primary amides is 1. The van der Waals surface area contributed by atoms with Crippen LogP contribution in [0.2, 0.25) is 0 Å². The monoisotopic (exact) mass is 362 g/mol. The highest BCUT2D eigenvalue weighted by Crippen LogP contribution is 2.33. The van der Waals surface area contributed by atoms with Gasteiger partial charge in [0.1, 0.15) is 0 Å². The summed E-state index contributed by atoms with van der Waals surface area (Å²) in [7, 11) is 0. The molecule has 25 heavy (non-hydrogen) atoms. The maximum absolute atomic E-state index is 12.0. The minimum Gasteiger partial charge on any atom is -0.366 e. The Morgan fingerprint density at radius 3 is 2.68 bits per heavy atom. The summed E-state index contributed by atoms with van der Waals surface area (Å²) in [5.74, 6) is 0.425. The average Bonchev–Trinajstić information content (AvgIpc) is 3.11. The second kappa shape index (κ2) is 7.77. The topological polar surface area (TPSA) is 113 Å². The van der Waals surface area contributed by atoms with Crippen LogP contribution < -0.4 is 21.7 Å². The van der Waals surface area contributed by atoms with Crippen LogP contribution >= 0.6 is 11.8 Å². The second-order valence-electron chi connectivity index (χ2n) is 6.36. The van der Waals surface area contributed by atoms with Gasteiger partial charge in [0.2, 0.25) is 11.8 Å². The van der Waals surface area contributed by atoms with Gasteiger partial charge in [-0.3, -0.25) is 9.59 Å². The Hall–Kier alpha value is -2.22. The number of urea groups is 1. The van der Waals surface area contributed by atoms with Crippen molar-refractivity contribution < 1.29 is 14.4 Å². The Labute approximate surface area is 150 Å². The molecule has 3 atom stereocenters. The molecule has 8 heteroatoms. The summed E-state index contributed by atoms with van der Waals surface area (Å²) in [6, 6.07) is 6.92. The Kier molecular flexibility index (Phi) is 5.47. The standard InChI is InChI=1S/C17H22N4O3S/c18-16(23)10-5-7-11(8-6-10)19-14(22)4-2-1-3-13-15-12(9-25-13)20-17(24)21-15/h5-8,12-13,15H,1-4,9H2,(H2,18,23)(H,19,22)(H2,20,21,24)/t12-,13-,15-/m0/s1. The molecule has 2 aliphatic heterocycles. The zero-order valence-electron chi connectivity index (χ0n) is 13.8. The molecule has 0 bridgehead atoms. The molecule has 2 aliphatic rings. The fourth-order valence-electron chi connectivity index (χ4n) is 3.22. The maximum Gasteiger partial charge on any atom is 0.315 e. The van der Waals surface area contributed by atoms with Crippen molar-refractivity contribution in [1.82, 2.24) is 10.6 Å². The van der Waals surface area contributed by atoms with Gasteiger partial charge < -0.3 is 21.7 Å². The molecule has 2 saturated heterocycles. The van der Waals surface area contributed by atoms with E-state index in [4.69, 9.17) is 5.73 Å². The number of carbonyl (C=O) groups excluding carboxylic acids is 3. The minimum atomic E-state index is -0.487. The van der Waals surface area contributed by atoms with Gasteiger partial charge in [-0.15, -0.1) is 0 Å². The number of rotatable bonds is 7. The summed E-state index contributed by atoms with van der Waals surface area (Å²) in [6.45, 7) is 0. The van der Waals surface area contributed by atoms with E-state index in [1.165, 1.54) is 0 Å². The maximum atomic E-state index is 12.0. The van der Waals surface area contributed by atoms with E-state index in [9.17, 15) is 14.4 Å². The number of unbranched alkanes of at least 4 members (excludes halogenated alkanes) is 1. The first kappa shape index (κ1) is 17.6. The molecule has 0 aromatic heterocycles. The van der Waals surface area contributed by atoms with Crippen LogP contribution in [-0.4, -0.2) is 40.9 Å². The summed E-state index contributed by atoms with van der Waals surface area (Å²) in [4.78, 5) is 34.3. The lowest BCUT2D eigenvalue weighted by Gasteiger charge is -2.16. The van der Waals surface area contributed by atoms with Crippen molar-refractivity contribution in [2.45, 2.75) is 43.0 Å². The van der Waals surface area contributed by atoms with Gasteiger partial charge in [0, 0.05) is 28.7 Å². The number of hydrogen-bond acceptors (Lipinski definition) is 4. The van der Waals surface area contributed by atoms with Crippen molar-refractivity contribution in [1.29, 1.82) is 0 Å². The lowest BCUT2D eigenvalue weighted by molar-refractivity contribution is -0.116. The fraction of sp³-hybridized carbons (Fsp3) is 0.471. The Balaban J connectivity index is 1.35. The molecule has 134 valence electrons. The van der Waals surface area contributed by atoms with E-state index in [0.29, 0.717) is 22.9 Å². The number of anilines is 1. The molecule has 2 heterocycles. The minimum absolute atomic E-state index is 0.0420. The molecule has 7 nitrogen and oxygen atoms in total. The number of amides is 4. The quantitative estimate of drug-likeness (QED) is 0.434. The van der Waals surface area contributed by atoms with Crippen molar-refractivity contribution in [2.24, 2.45) is 5.73 Å². The Morgan fingerprint density at radius 2 is 1.96 bits per heavy atom. The number of carbonyl (C=O) groups is 3. The highest BCUT2D eigenvalue weighted by molar-refractivity contribution is 8.00. The summed E-state index contributed by atoms with van der Waals surface area (Å²) in [5.41, 5.74) is 6.25. The highest BCUT2D eigenvalue weighted by Gasteiger charge is 2.42. The summed E-state index contributed by atoms with van der Waals surface area (Å²) in [6.07, 6.45) is 3.20. The van der Waals surface area contributed by atoms with E-state index in [0.717, 1.165) is 25.0 Å². The molecule has 0 spiro atoms. The van der Waals surface area contributed by atoms with E-state index in [2.05, 4.69) is 16.0 Å². The molecule has 1 aromatic rings. The lowest BCUT2D eigenvalue weighted by Crippen LogP contribution is -2.36. The van der Waals surface area contributed by atoms with Crippen LogP contribution in [0.4, 0.5) is 10.5 Å².